The summed E-state index contributed by atoms with van der Waals surface area (Å²) in [5.41, 5.74) is 8.10. The van der Waals surface area contributed by atoms with E-state index in [1.165, 1.54) is 0 Å². The molecule has 0 aliphatic carbocycles. The van der Waals surface area contributed by atoms with Crippen LogP contribution in [0.1, 0.15) is 23.1 Å². The number of aliphatic hydroxyl groups is 1. The number of aliphatic hydroxyl groups excluding tert-OH is 1. The molecular formula is C14H14N2O2. The normalized spacial score (nSPS) is 19.1. The van der Waals surface area contributed by atoms with Crippen LogP contribution in [0, 0.1) is 0 Å². The first-order valence-electron chi connectivity index (χ1n) is 5.86. The first kappa shape index (κ1) is 11.0. The zero-order valence-electron chi connectivity index (χ0n) is 9.78. The number of benzene rings is 1. The van der Waals surface area contributed by atoms with E-state index in [1.807, 2.05) is 24.3 Å². The number of hydrogen-bond donors (Lipinski definition) is 2. The Morgan fingerprint density at radius 1 is 1.33 bits per heavy atom. The van der Waals surface area contributed by atoms with Crippen LogP contribution < -0.4 is 10.5 Å². The molecule has 0 spiro atoms. The van der Waals surface area contributed by atoms with E-state index in [4.69, 9.17) is 10.5 Å². The number of nitrogens with zero attached hydrogens (tertiary/aromatic N) is 1. The van der Waals surface area contributed by atoms with Gasteiger partial charge in [-0.15, -0.1) is 0 Å². The van der Waals surface area contributed by atoms with Crippen molar-refractivity contribution in [1.82, 2.24) is 4.98 Å². The van der Waals surface area contributed by atoms with Crippen LogP contribution in [0.15, 0.2) is 42.7 Å². The second kappa shape index (κ2) is 4.31. The van der Waals surface area contributed by atoms with Crippen LogP contribution in [0.5, 0.6) is 5.75 Å². The molecule has 2 unspecified atom stereocenters. The highest BCUT2D eigenvalue weighted by Gasteiger charge is 2.31. The molecule has 0 saturated carbocycles. The third-order valence-corrected chi connectivity index (χ3v) is 3.32. The molecule has 2 atom stereocenters. The molecule has 3 N–H and O–H groups in total. The number of nitrogen functional groups attached to an aromatic ring is 1. The third-order valence-electron chi connectivity index (χ3n) is 3.32. The Labute approximate surface area is 105 Å². The van der Waals surface area contributed by atoms with Crippen LogP contribution in [-0.2, 0) is 0 Å². The van der Waals surface area contributed by atoms with Crippen molar-refractivity contribution in [1.29, 1.82) is 0 Å². The van der Waals surface area contributed by atoms with Crippen LogP contribution in [-0.4, -0.2) is 16.7 Å². The topological polar surface area (TPSA) is 68.4 Å². The molecule has 1 aromatic heterocycles. The smallest absolute Gasteiger partial charge is 0.123 e. The lowest BCUT2D eigenvalue weighted by Gasteiger charge is -2.18. The highest BCUT2D eigenvalue weighted by atomic mass is 16.5. The van der Waals surface area contributed by atoms with Crippen molar-refractivity contribution in [3.63, 3.8) is 0 Å². The van der Waals surface area contributed by atoms with E-state index in [9.17, 15) is 5.11 Å². The summed E-state index contributed by atoms with van der Waals surface area (Å²) in [7, 11) is 0. The minimum atomic E-state index is -0.692. The van der Waals surface area contributed by atoms with E-state index in [2.05, 4.69) is 4.98 Å². The van der Waals surface area contributed by atoms with Crippen molar-refractivity contribution in [2.24, 2.45) is 0 Å². The molecule has 3 rings (SSSR count). The Morgan fingerprint density at radius 3 is 3.00 bits per heavy atom. The largest absolute Gasteiger partial charge is 0.493 e. The first-order chi connectivity index (χ1) is 8.77. The maximum absolute atomic E-state index is 10.4. The summed E-state index contributed by atoms with van der Waals surface area (Å²) in [6.07, 6.45) is 2.54. The molecule has 2 heterocycles. The summed E-state index contributed by atoms with van der Waals surface area (Å²) in [6, 6.07) is 9.45. The zero-order chi connectivity index (χ0) is 12.5. The van der Waals surface area contributed by atoms with E-state index in [0.29, 0.717) is 17.9 Å². The van der Waals surface area contributed by atoms with Gasteiger partial charge in [-0.05, 0) is 12.1 Å². The van der Waals surface area contributed by atoms with Crippen LogP contribution in [0.2, 0.25) is 0 Å². The van der Waals surface area contributed by atoms with E-state index in [1.54, 1.807) is 18.5 Å². The number of rotatable bonds is 2. The molecule has 18 heavy (non-hydrogen) atoms. The van der Waals surface area contributed by atoms with Crippen molar-refractivity contribution in [2.75, 3.05) is 12.3 Å². The van der Waals surface area contributed by atoms with Gasteiger partial charge in [0.1, 0.15) is 5.75 Å². The molecular weight excluding hydrogens is 228 g/mol. The van der Waals surface area contributed by atoms with Gasteiger partial charge < -0.3 is 15.6 Å². The fourth-order valence-corrected chi connectivity index (χ4v) is 2.33. The second-order valence-corrected chi connectivity index (χ2v) is 4.40. The predicted molar refractivity (Wildman–Crippen MR) is 68.3 cm³/mol. The first-order valence-corrected chi connectivity index (χ1v) is 5.86. The molecule has 0 bridgehead atoms. The summed E-state index contributed by atoms with van der Waals surface area (Å²) >= 11 is 0. The van der Waals surface area contributed by atoms with Crippen molar-refractivity contribution in [3.05, 3.63) is 53.9 Å². The predicted octanol–water partition coefficient (Wildman–Crippen LogP) is 1.87. The average molecular weight is 242 g/mol. The van der Waals surface area contributed by atoms with Gasteiger partial charge in [0.2, 0.25) is 0 Å². The maximum atomic E-state index is 10.4. The van der Waals surface area contributed by atoms with Crippen LogP contribution >= 0.6 is 0 Å². The number of anilines is 1. The Bertz CT molecular complexity index is 571. The van der Waals surface area contributed by atoms with E-state index >= 15 is 0 Å². The fraction of sp³-hybridized carbons (Fsp3) is 0.214. The van der Waals surface area contributed by atoms with Crippen LogP contribution in [0.3, 0.4) is 0 Å². The van der Waals surface area contributed by atoms with Crippen molar-refractivity contribution in [2.45, 2.75) is 12.0 Å². The van der Waals surface area contributed by atoms with Gasteiger partial charge in [-0.2, -0.15) is 0 Å². The SMILES string of the molecule is Nc1ccncc1C(O)C1COc2ccccc21. The van der Waals surface area contributed by atoms with E-state index < -0.39 is 6.10 Å². The molecule has 0 radical (unpaired) electrons. The second-order valence-electron chi connectivity index (χ2n) is 4.40. The molecule has 92 valence electrons. The molecule has 1 aromatic carbocycles. The number of ether oxygens (including phenoxy) is 1. The van der Waals surface area contributed by atoms with E-state index in [0.717, 1.165) is 11.3 Å². The fourth-order valence-electron chi connectivity index (χ4n) is 2.33. The Hall–Kier alpha value is -2.07. The maximum Gasteiger partial charge on any atom is 0.123 e. The number of hydrogen-bond acceptors (Lipinski definition) is 4. The summed E-state index contributed by atoms with van der Waals surface area (Å²) in [6.45, 7) is 0.467. The van der Waals surface area contributed by atoms with Crippen molar-refractivity contribution in [3.8, 4) is 5.75 Å². The third kappa shape index (κ3) is 1.71. The number of para-hydroxylation sites is 1. The molecule has 4 nitrogen and oxygen atoms in total. The van der Waals surface area contributed by atoms with Gasteiger partial charge >= 0.3 is 0 Å². The summed E-state index contributed by atoms with van der Waals surface area (Å²) in [5.74, 6) is 0.747. The van der Waals surface area contributed by atoms with Gasteiger partial charge in [-0.3, -0.25) is 4.98 Å². The van der Waals surface area contributed by atoms with Gasteiger partial charge in [0.25, 0.3) is 0 Å². The lowest BCUT2D eigenvalue weighted by atomic mass is 9.91. The lowest BCUT2D eigenvalue weighted by Crippen LogP contribution is -2.14. The minimum Gasteiger partial charge on any atom is -0.493 e. The number of pyridine rings is 1. The van der Waals surface area contributed by atoms with Gasteiger partial charge in [0, 0.05) is 29.2 Å². The Balaban J connectivity index is 1.96. The summed E-state index contributed by atoms with van der Waals surface area (Å²) in [4.78, 5) is 4.01. The lowest BCUT2D eigenvalue weighted by molar-refractivity contribution is 0.130. The molecule has 0 saturated heterocycles. The minimum absolute atomic E-state index is 0.0901. The van der Waals surface area contributed by atoms with Gasteiger partial charge in [-0.25, -0.2) is 0 Å². The number of aromatic nitrogens is 1. The molecule has 0 amide bonds. The van der Waals surface area contributed by atoms with Crippen LogP contribution in [0.4, 0.5) is 5.69 Å². The van der Waals surface area contributed by atoms with Crippen LogP contribution in [0.25, 0.3) is 0 Å². The highest BCUT2D eigenvalue weighted by Crippen LogP contribution is 2.41. The molecule has 1 aliphatic rings. The summed E-state index contributed by atoms with van der Waals surface area (Å²) < 4.78 is 5.57. The molecule has 0 fully saturated rings. The van der Waals surface area contributed by atoms with Gasteiger partial charge in [-0.1, -0.05) is 18.2 Å². The molecule has 1 aliphatic heterocycles. The monoisotopic (exact) mass is 242 g/mol. The Kier molecular flexibility index (Phi) is 2.64. The van der Waals surface area contributed by atoms with Crippen molar-refractivity contribution >= 4 is 5.69 Å². The highest BCUT2D eigenvalue weighted by molar-refractivity contribution is 5.49. The van der Waals surface area contributed by atoms with E-state index in [-0.39, 0.29) is 5.92 Å². The summed E-state index contributed by atoms with van der Waals surface area (Å²) in [5, 5.41) is 10.4. The molecule has 4 heteroatoms. The standard InChI is InChI=1S/C14H14N2O2/c15-12-5-6-16-7-10(12)14(17)11-8-18-13-4-2-1-3-9(11)13/h1-7,11,14,17H,8H2,(H2,15,16). The molecule has 2 aromatic rings. The van der Waals surface area contributed by atoms with Gasteiger partial charge in [0.05, 0.1) is 18.6 Å². The quantitative estimate of drug-likeness (QED) is 0.843. The average Bonchev–Trinajstić information content (AvgIpc) is 2.82. The number of nitrogens with two attached hydrogens (primary N) is 1. The van der Waals surface area contributed by atoms with Gasteiger partial charge in [0.15, 0.2) is 0 Å². The Morgan fingerprint density at radius 2 is 2.17 bits per heavy atom. The zero-order valence-corrected chi connectivity index (χ0v) is 9.78. The number of fused-ring (bicyclic) bond motifs is 1. The van der Waals surface area contributed by atoms with Crippen molar-refractivity contribution < 1.29 is 9.84 Å².